The van der Waals surface area contributed by atoms with Gasteiger partial charge in [-0.2, -0.15) is 0 Å². The average molecular weight is 426 g/mol. The molecule has 1 atom stereocenters. The van der Waals surface area contributed by atoms with Crippen molar-refractivity contribution in [3.63, 3.8) is 0 Å². The molecule has 0 aromatic heterocycles. The quantitative estimate of drug-likeness (QED) is 0.575. The molecule has 1 fully saturated rings. The monoisotopic (exact) mass is 426 g/mol. The fraction of sp³-hybridized carbons (Fsp3) is 0.412. The van der Waals surface area contributed by atoms with E-state index in [0.717, 1.165) is 34.8 Å². The number of esters is 1. The Bertz CT molecular complexity index is 666. The minimum absolute atomic E-state index is 0.00279. The fourth-order valence-corrected chi connectivity index (χ4v) is 3.69. The second-order valence-corrected chi connectivity index (χ2v) is 7.18. The summed E-state index contributed by atoms with van der Waals surface area (Å²) in [4.78, 5) is 24.5. The van der Waals surface area contributed by atoms with Crippen LogP contribution in [0.2, 0.25) is 0 Å². The molecule has 122 valence electrons. The molecule has 5 nitrogen and oxygen atoms in total. The van der Waals surface area contributed by atoms with Crippen molar-refractivity contribution in [2.45, 2.75) is 44.8 Å². The average Bonchev–Trinajstić information content (AvgIpc) is 2.99. The van der Waals surface area contributed by atoms with E-state index < -0.39 is 6.04 Å². The Kier molecular flexibility index (Phi) is 4.89. The summed E-state index contributed by atoms with van der Waals surface area (Å²) < 4.78 is 6.70. The third kappa shape index (κ3) is 3.68. The zero-order valence-corrected chi connectivity index (χ0v) is 15.1. The lowest BCUT2D eigenvalue weighted by molar-refractivity contribution is -0.144. The maximum atomic E-state index is 12.7. The number of benzene rings is 1. The molecule has 0 spiro atoms. The Morgan fingerprint density at radius 3 is 2.74 bits per heavy atom. The molecular weight excluding hydrogens is 407 g/mol. The lowest BCUT2D eigenvalue weighted by Gasteiger charge is -2.29. The molecule has 3 rings (SSSR count). The van der Waals surface area contributed by atoms with Crippen molar-refractivity contribution in [2.24, 2.45) is 0 Å². The molecule has 0 bridgehead atoms. The molecule has 1 aliphatic heterocycles. The van der Waals surface area contributed by atoms with Crippen molar-refractivity contribution in [3.8, 4) is 0 Å². The van der Waals surface area contributed by atoms with E-state index in [1.807, 2.05) is 24.3 Å². The van der Waals surface area contributed by atoms with Crippen LogP contribution in [0.5, 0.6) is 0 Å². The number of allylic oxidation sites excluding steroid dienone is 1. The SMILES string of the molecule is CC1=C(C(=O)OC2CCCC2)[C@@H](c2cccc(I)c2)NC(=O)N1. The van der Waals surface area contributed by atoms with Gasteiger partial charge >= 0.3 is 12.0 Å². The van der Waals surface area contributed by atoms with Crippen molar-refractivity contribution in [3.05, 3.63) is 44.7 Å². The maximum absolute atomic E-state index is 12.7. The van der Waals surface area contributed by atoms with Crippen LogP contribution in [-0.4, -0.2) is 18.1 Å². The van der Waals surface area contributed by atoms with E-state index in [9.17, 15) is 9.59 Å². The van der Waals surface area contributed by atoms with Crippen molar-refractivity contribution in [1.82, 2.24) is 10.6 Å². The van der Waals surface area contributed by atoms with E-state index in [2.05, 4.69) is 33.2 Å². The number of nitrogens with one attached hydrogen (secondary N) is 2. The van der Waals surface area contributed by atoms with Gasteiger partial charge in [-0.15, -0.1) is 0 Å². The van der Waals surface area contributed by atoms with E-state index in [1.165, 1.54) is 0 Å². The number of rotatable bonds is 3. The molecular formula is C17H19IN2O3. The summed E-state index contributed by atoms with van der Waals surface area (Å²) in [5.41, 5.74) is 1.92. The van der Waals surface area contributed by atoms with Crippen LogP contribution in [0.25, 0.3) is 0 Å². The number of carbonyl (C=O) groups excluding carboxylic acids is 2. The highest BCUT2D eigenvalue weighted by atomic mass is 127. The van der Waals surface area contributed by atoms with Gasteiger partial charge in [-0.3, -0.25) is 0 Å². The minimum atomic E-state index is -0.479. The van der Waals surface area contributed by atoms with E-state index in [1.54, 1.807) is 6.92 Å². The largest absolute Gasteiger partial charge is 0.459 e. The van der Waals surface area contributed by atoms with Crippen LogP contribution in [0.4, 0.5) is 4.79 Å². The summed E-state index contributed by atoms with van der Waals surface area (Å²) in [7, 11) is 0. The van der Waals surface area contributed by atoms with Gasteiger partial charge in [-0.25, -0.2) is 9.59 Å². The summed E-state index contributed by atoms with van der Waals surface area (Å²) in [6.07, 6.45) is 4.05. The number of carbonyl (C=O) groups is 2. The molecule has 2 N–H and O–H groups in total. The van der Waals surface area contributed by atoms with Gasteiger partial charge < -0.3 is 15.4 Å². The number of ether oxygens (including phenoxy) is 1. The van der Waals surface area contributed by atoms with E-state index in [0.29, 0.717) is 11.3 Å². The normalized spacial score (nSPS) is 21.8. The Balaban J connectivity index is 1.90. The first-order chi connectivity index (χ1) is 11.0. The Morgan fingerprint density at radius 2 is 2.04 bits per heavy atom. The zero-order valence-electron chi connectivity index (χ0n) is 12.9. The minimum Gasteiger partial charge on any atom is -0.459 e. The summed E-state index contributed by atoms with van der Waals surface area (Å²) in [6, 6.07) is 6.98. The lowest BCUT2D eigenvalue weighted by Crippen LogP contribution is -2.45. The molecule has 0 saturated heterocycles. The van der Waals surface area contributed by atoms with Gasteiger partial charge in [-0.1, -0.05) is 12.1 Å². The first-order valence-electron chi connectivity index (χ1n) is 7.79. The Morgan fingerprint density at radius 1 is 1.30 bits per heavy atom. The van der Waals surface area contributed by atoms with Crippen molar-refractivity contribution in [2.75, 3.05) is 0 Å². The van der Waals surface area contributed by atoms with Crippen LogP contribution in [0, 0.1) is 3.57 Å². The summed E-state index contributed by atoms with van der Waals surface area (Å²) in [5.74, 6) is -0.342. The third-order valence-corrected chi connectivity index (χ3v) is 4.92. The molecule has 2 amide bonds. The molecule has 0 radical (unpaired) electrons. The maximum Gasteiger partial charge on any atom is 0.338 e. The highest BCUT2D eigenvalue weighted by Crippen LogP contribution is 2.30. The van der Waals surface area contributed by atoms with Gasteiger partial charge in [0.25, 0.3) is 0 Å². The van der Waals surface area contributed by atoms with Gasteiger partial charge in [-0.05, 0) is 72.9 Å². The zero-order chi connectivity index (χ0) is 16.4. The van der Waals surface area contributed by atoms with E-state index in [-0.39, 0.29) is 18.1 Å². The molecule has 0 unspecified atom stereocenters. The Hall–Kier alpha value is -1.57. The molecule has 2 aliphatic rings. The predicted octanol–water partition coefficient (Wildman–Crippen LogP) is 3.40. The van der Waals surface area contributed by atoms with Crippen molar-refractivity contribution < 1.29 is 14.3 Å². The first-order valence-corrected chi connectivity index (χ1v) is 8.87. The van der Waals surface area contributed by atoms with Gasteiger partial charge in [0.1, 0.15) is 6.10 Å². The van der Waals surface area contributed by atoms with Crippen molar-refractivity contribution in [1.29, 1.82) is 0 Å². The van der Waals surface area contributed by atoms with Crippen LogP contribution in [0.15, 0.2) is 35.5 Å². The molecule has 1 aromatic carbocycles. The highest BCUT2D eigenvalue weighted by Gasteiger charge is 2.33. The molecule has 23 heavy (non-hydrogen) atoms. The van der Waals surface area contributed by atoms with Crippen LogP contribution >= 0.6 is 22.6 Å². The number of hydrogen-bond donors (Lipinski definition) is 2. The predicted molar refractivity (Wildman–Crippen MR) is 94.6 cm³/mol. The van der Waals surface area contributed by atoms with Crippen LogP contribution < -0.4 is 10.6 Å². The second-order valence-electron chi connectivity index (χ2n) is 5.94. The van der Waals surface area contributed by atoms with E-state index >= 15 is 0 Å². The van der Waals surface area contributed by atoms with E-state index in [4.69, 9.17) is 4.74 Å². The second kappa shape index (κ2) is 6.90. The molecule has 1 aromatic rings. The number of hydrogen-bond acceptors (Lipinski definition) is 3. The topological polar surface area (TPSA) is 67.4 Å². The fourth-order valence-electron chi connectivity index (χ4n) is 3.12. The van der Waals surface area contributed by atoms with Gasteiger partial charge in [0.15, 0.2) is 0 Å². The van der Waals surface area contributed by atoms with Crippen molar-refractivity contribution >= 4 is 34.6 Å². The molecule has 1 aliphatic carbocycles. The third-order valence-electron chi connectivity index (χ3n) is 4.25. The molecule has 1 saturated carbocycles. The van der Waals surface area contributed by atoms with Crippen LogP contribution in [0.1, 0.15) is 44.2 Å². The van der Waals surface area contributed by atoms with Gasteiger partial charge in [0, 0.05) is 9.27 Å². The standard InChI is InChI=1S/C17H19IN2O3/c1-10-14(16(21)23-13-7-2-3-8-13)15(20-17(22)19-10)11-5-4-6-12(18)9-11/h4-6,9,13,15H,2-3,7-8H2,1H3,(H2,19,20,22)/t15-/m1/s1. The van der Waals surface area contributed by atoms with Crippen LogP contribution in [0.3, 0.4) is 0 Å². The van der Waals surface area contributed by atoms with Gasteiger partial charge in [0.05, 0.1) is 11.6 Å². The number of amides is 2. The number of urea groups is 1. The smallest absolute Gasteiger partial charge is 0.338 e. The highest BCUT2D eigenvalue weighted by molar-refractivity contribution is 14.1. The summed E-state index contributed by atoms with van der Waals surface area (Å²) >= 11 is 2.22. The Labute approximate surface area is 149 Å². The van der Waals surface area contributed by atoms with Gasteiger partial charge in [0.2, 0.25) is 0 Å². The summed E-state index contributed by atoms with van der Waals surface area (Å²) in [6.45, 7) is 1.74. The molecule has 1 heterocycles. The lowest BCUT2D eigenvalue weighted by atomic mass is 9.95. The van der Waals surface area contributed by atoms with Crippen LogP contribution in [-0.2, 0) is 9.53 Å². The molecule has 6 heteroatoms. The summed E-state index contributed by atoms with van der Waals surface area (Å²) in [5, 5.41) is 5.51. The first kappa shape index (κ1) is 16.3. The number of halogens is 1.